The van der Waals surface area contributed by atoms with E-state index >= 15 is 0 Å². The lowest BCUT2D eigenvalue weighted by Crippen LogP contribution is -2.30. The monoisotopic (exact) mass is 300 g/mol. The van der Waals surface area contributed by atoms with Crippen LogP contribution in [0.4, 0.5) is 0 Å². The fourth-order valence-corrected chi connectivity index (χ4v) is 1.89. The standard InChI is InChI=1S/C14H21ClN2O3/c1-19-8-7-17-14(18)5-6-16-10-11-9-12(15)3-4-13(11)20-2/h3-4,9,16H,5-8,10H2,1-2H3,(H,17,18). The van der Waals surface area contributed by atoms with Crippen LogP contribution >= 0.6 is 11.6 Å². The summed E-state index contributed by atoms with van der Waals surface area (Å²) in [5.74, 6) is 0.791. The first kappa shape index (κ1) is 16.8. The van der Waals surface area contributed by atoms with E-state index in [2.05, 4.69) is 10.6 Å². The molecule has 0 aliphatic carbocycles. The topological polar surface area (TPSA) is 59.6 Å². The molecule has 0 fully saturated rings. The predicted octanol–water partition coefficient (Wildman–Crippen LogP) is 1.59. The number of hydrogen-bond acceptors (Lipinski definition) is 4. The second-order valence-corrected chi connectivity index (χ2v) is 4.66. The molecule has 0 atom stereocenters. The van der Waals surface area contributed by atoms with Crippen molar-refractivity contribution in [3.8, 4) is 5.75 Å². The summed E-state index contributed by atoms with van der Waals surface area (Å²) >= 11 is 5.95. The summed E-state index contributed by atoms with van der Waals surface area (Å²) in [5, 5.41) is 6.62. The van der Waals surface area contributed by atoms with Gasteiger partial charge in [0.15, 0.2) is 0 Å². The molecule has 1 rings (SSSR count). The predicted molar refractivity (Wildman–Crippen MR) is 79.2 cm³/mol. The Morgan fingerprint density at radius 3 is 2.80 bits per heavy atom. The zero-order valence-corrected chi connectivity index (χ0v) is 12.6. The zero-order valence-electron chi connectivity index (χ0n) is 11.9. The molecule has 0 aliphatic rings. The Morgan fingerprint density at radius 1 is 1.30 bits per heavy atom. The lowest BCUT2D eigenvalue weighted by atomic mass is 10.2. The van der Waals surface area contributed by atoms with Crippen molar-refractivity contribution in [1.29, 1.82) is 0 Å². The molecule has 0 bridgehead atoms. The molecule has 1 aromatic rings. The van der Waals surface area contributed by atoms with Gasteiger partial charge in [0, 0.05) is 43.8 Å². The number of ether oxygens (including phenoxy) is 2. The Balaban J connectivity index is 2.27. The van der Waals surface area contributed by atoms with Crippen LogP contribution in [0.5, 0.6) is 5.75 Å². The van der Waals surface area contributed by atoms with Gasteiger partial charge in [0.1, 0.15) is 5.75 Å². The average molecular weight is 301 g/mol. The molecule has 5 nitrogen and oxygen atoms in total. The summed E-state index contributed by atoms with van der Waals surface area (Å²) in [5.41, 5.74) is 0.972. The maximum Gasteiger partial charge on any atom is 0.221 e. The minimum absolute atomic E-state index is 0.00705. The van der Waals surface area contributed by atoms with E-state index in [4.69, 9.17) is 21.1 Å². The Morgan fingerprint density at radius 2 is 2.10 bits per heavy atom. The zero-order chi connectivity index (χ0) is 14.8. The highest BCUT2D eigenvalue weighted by Gasteiger charge is 2.04. The molecule has 20 heavy (non-hydrogen) atoms. The number of carbonyl (C=O) groups excluding carboxylic acids is 1. The number of hydrogen-bond donors (Lipinski definition) is 2. The number of benzene rings is 1. The average Bonchev–Trinajstić information content (AvgIpc) is 2.44. The van der Waals surface area contributed by atoms with Crippen LogP contribution in [0.1, 0.15) is 12.0 Å². The molecule has 6 heteroatoms. The number of carbonyl (C=O) groups is 1. The SMILES string of the molecule is COCCNC(=O)CCNCc1cc(Cl)ccc1OC. The van der Waals surface area contributed by atoms with E-state index in [0.717, 1.165) is 11.3 Å². The molecule has 1 aromatic carbocycles. The lowest BCUT2D eigenvalue weighted by molar-refractivity contribution is -0.121. The third kappa shape index (κ3) is 6.23. The number of nitrogens with one attached hydrogen (secondary N) is 2. The molecule has 1 amide bonds. The summed E-state index contributed by atoms with van der Waals surface area (Å²) < 4.78 is 10.1. The lowest BCUT2D eigenvalue weighted by Gasteiger charge is -2.10. The van der Waals surface area contributed by atoms with E-state index < -0.39 is 0 Å². The number of methoxy groups -OCH3 is 2. The van der Waals surface area contributed by atoms with Crippen molar-refractivity contribution >= 4 is 17.5 Å². The first-order valence-corrected chi connectivity index (χ1v) is 6.84. The van der Waals surface area contributed by atoms with E-state index in [1.807, 2.05) is 12.1 Å². The Bertz CT molecular complexity index is 427. The van der Waals surface area contributed by atoms with Crippen molar-refractivity contribution in [3.63, 3.8) is 0 Å². The molecule has 0 aromatic heterocycles. The van der Waals surface area contributed by atoms with Crippen LogP contribution in [0.3, 0.4) is 0 Å². The smallest absolute Gasteiger partial charge is 0.221 e. The largest absolute Gasteiger partial charge is 0.496 e. The molecule has 0 aliphatic heterocycles. The fraction of sp³-hybridized carbons (Fsp3) is 0.500. The van der Waals surface area contributed by atoms with Gasteiger partial charge >= 0.3 is 0 Å². The van der Waals surface area contributed by atoms with E-state index in [1.165, 1.54) is 0 Å². The van der Waals surface area contributed by atoms with Gasteiger partial charge in [0.05, 0.1) is 13.7 Å². The van der Waals surface area contributed by atoms with E-state index in [1.54, 1.807) is 20.3 Å². The van der Waals surface area contributed by atoms with Crippen molar-refractivity contribution in [3.05, 3.63) is 28.8 Å². The van der Waals surface area contributed by atoms with Gasteiger partial charge in [-0.1, -0.05) is 11.6 Å². The van der Waals surface area contributed by atoms with Crippen LogP contribution in [0.25, 0.3) is 0 Å². The molecule has 0 saturated carbocycles. The normalized spacial score (nSPS) is 10.3. The molecule has 112 valence electrons. The highest BCUT2D eigenvalue weighted by molar-refractivity contribution is 6.30. The quantitative estimate of drug-likeness (QED) is 0.680. The summed E-state index contributed by atoms with van der Waals surface area (Å²) in [7, 11) is 3.22. The van der Waals surface area contributed by atoms with E-state index in [0.29, 0.717) is 37.7 Å². The number of rotatable bonds is 9. The molecule has 0 heterocycles. The second kappa shape index (κ2) is 9.58. The first-order chi connectivity index (χ1) is 9.67. The fourth-order valence-electron chi connectivity index (χ4n) is 1.69. The van der Waals surface area contributed by atoms with Gasteiger partial charge in [-0.3, -0.25) is 4.79 Å². The van der Waals surface area contributed by atoms with Gasteiger partial charge < -0.3 is 20.1 Å². The summed E-state index contributed by atoms with van der Waals surface area (Å²) in [6.45, 7) is 2.26. The number of amides is 1. The minimum Gasteiger partial charge on any atom is -0.496 e. The molecule has 0 unspecified atom stereocenters. The molecule has 0 spiro atoms. The van der Waals surface area contributed by atoms with Gasteiger partial charge in [-0.05, 0) is 18.2 Å². The molecule has 0 saturated heterocycles. The van der Waals surface area contributed by atoms with Crippen LogP contribution in [-0.2, 0) is 16.1 Å². The maximum atomic E-state index is 11.5. The van der Waals surface area contributed by atoms with Gasteiger partial charge in [-0.15, -0.1) is 0 Å². The first-order valence-electron chi connectivity index (χ1n) is 6.46. The Kier molecular flexibility index (Phi) is 8.02. The van der Waals surface area contributed by atoms with Gasteiger partial charge in [0.25, 0.3) is 0 Å². The summed E-state index contributed by atoms with van der Waals surface area (Å²) in [4.78, 5) is 11.5. The molecular weight excluding hydrogens is 280 g/mol. The van der Waals surface area contributed by atoms with Crippen molar-refractivity contribution in [2.45, 2.75) is 13.0 Å². The van der Waals surface area contributed by atoms with Crippen molar-refractivity contribution in [2.75, 3.05) is 33.9 Å². The van der Waals surface area contributed by atoms with Crippen molar-refractivity contribution in [2.24, 2.45) is 0 Å². The molecule has 2 N–H and O–H groups in total. The van der Waals surface area contributed by atoms with Crippen molar-refractivity contribution in [1.82, 2.24) is 10.6 Å². The van der Waals surface area contributed by atoms with E-state index in [-0.39, 0.29) is 5.91 Å². The van der Waals surface area contributed by atoms with Gasteiger partial charge in [-0.2, -0.15) is 0 Å². The summed E-state index contributed by atoms with van der Waals surface area (Å²) in [6, 6.07) is 5.47. The third-order valence-corrected chi connectivity index (χ3v) is 2.95. The van der Waals surface area contributed by atoms with Gasteiger partial charge in [0.2, 0.25) is 5.91 Å². The van der Waals surface area contributed by atoms with Crippen LogP contribution < -0.4 is 15.4 Å². The highest BCUT2D eigenvalue weighted by Crippen LogP contribution is 2.22. The van der Waals surface area contributed by atoms with Gasteiger partial charge in [-0.25, -0.2) is 0 Å². The molecule has 0 radical (unpaired) electrons. The van der Waals surface area contributed by atoms with E-state index in [9.17, 15) is 4.79 Å². The minimum atomic E-state index is 0.00705. The highest BCUT2D eigenvalue weighted by atomic mass is 35.5. The van der Waals surface area contributed by atoms with Crippen LogP contribution in [0, 0.1) is 0 Å². The summed E-state index contributed by atoms with van der Waals surface area (Å²) in [6.07, 6.45) is 0.423. The maximum absolute atomic E-state index is 11.5. The van der Waals surface area contributed by atoms with Crippen LogP contribution in [0.15, 0.2) is 18.2 Å². The second-order valence-electron chi connectivity index (χ2n) is 4.23. The molecular formula is C14H21ClN2O3. The van der Waals surface area contributed by atoms with Crippen LogP contribution in [-0.4, -0.2) is 39.8 Å². The van der Waals surface area contributed by atoms with Crippen molar-refractivity contribution < 1.29 is 14.3 Å². The third-order valence-electron chi connectivity index (χ3n) is 2.72. The van der Waals surface area contributed by atoms with Crippen LogP contribution in [0.2, 0.25) is 5.02 Å². The Labute approximate surface area is 124 Å². The Hall–Kier alpha value is -1.30. The number of halogens is 1.